The van der Waals surface area contributed by atoms with Crippen LogP contribution in [0.5, 0.6) is 0 Å². The predicted octanol–water partition coefficient (Wildman–Crippen LogP) is 2.81. The van der Waals surface area contributed by atoms with Crippen molar-refractivity contribution < 1.29 is 4.52 Å². The molecule has 0 bridgehead atoms. The van der Waals surface area contributed by atoms with E-state index in [4.69, 9.17) is 4.52 Å². The van der Waals surface area contributed by atoms with Crippen LogP contribution in [0.4, 0.5) is 0 Å². The number of thioether (sulfide) groups is 1. The minimum absolute atomic E-state index is 0.0165. The highest BCUT2D eigenvalue weighted by Crippen LogP contribution is 2.33. The van der Waals surface area contributed by atoms with Gasteiger partial charge in [0, 0.05) is 5.69 Å². The molecule has 0 radical (unpaired) electrons. The van der Waals surface area contributed by atoms with E-state index in [1.807, 2.05) is 41.8 Å². The molecule has 20 heavy (non-hydrogen) atoms. The highest BCUT2D eigenvalue weighted by Gasteiger charge is 2.18. The molecular weight excluding hydrogens is 274 g/mol. The van der Waals surface area contributed by atoms with E-state index in [0.717, 1.165) is 10.8 Å². The fraction of sp³-hybridized carbons (Fsp3) is 0.231. The molecule has 2 heterocycles. The second-order valence-electron chi connectivity index (χ2n) is 4.26. The van der Waals surface area contributed by atoms with Crippen molar-refractivity contribution in [3.8, 4) is 5.69 Å². The second kappa shape index (κ2) is 5.46. The lowest BCUT2D eigenvalue weighted by Gasteiger charge is -2.08. The van der Waals surface area contributed by atoms with Gasteiger partial charge in [-0.3, -0.25) is 4.57 Å². The van der Waals surface area contributed by atoms with Gasteiger partial charge in [-0.05, 0) is 26.0 Å². The first-order valence-corrected chi connectivity index (χ1v) is 7.04. The Balaban J connectivity index is 1.84. The van der Waals surface area contributed by atoms with Gasteiger partial charge in [-0.1, -0.05) is 35.1 Å². The van der Waals surface area contributed by atoms with Crippen LogP contribution in [-0.2, 0) is 0 Å². The van der Waals surface area contributed by atoms with Crippen LogP contribution in [0.25, 0.3) is 5.69 Å². The average Bonchev–Trinajstić information content (AvgIpc) is 3.09. The Bertz CT molecular complexity index is 694. The summed E-state index contributed by atoms with van der Waals surface area (Å²) in [5, 5.41) is 12.7. The summed E-state index contributed by atoms with van der Waals surface area (Å²) in [6, 6.07) is 9.96. The minimum Gasteiger partial charge on any atom is -0.338 e. The number of aromatic nitrogens is 5. The smallest absolute Gasteiger partial charge is 0.239 e. The van der Waals surface area contributed by atoms with Crippen molar-refractivity contribution in [2.75, 3.05) is 0 Å². The first-order valence-electron chi connectivity index (χ1n) is 6.16. The molecule has 0 aliphatic rings. The zero-order valence-corrected chi connectivity index (χ0v) is 11.9. The second-order valence-corrected chi connectivity index (χ2v) is 5.57. The lowest BCUT2D eigenvalue weighted by Crippen LogP contribution is -1.97. The van der Waals surface area contributed by atoms with E-state index in [0.29, 0.717) is 11.7 Å². The summed E-state index contributed by atoms with van der Waals surface area (Å²) >= 11 is 1.53. The van der Waals surface area contributed by atoms with Gasteiger partial charge >= 0.3 is 0 Å². The SMILES string of the molecule is Cc1noc([C@@H](C)Sc2nncn2-c2ccccc2)n1. The highest BCUT2D eigenvalue weighted by atomic mass is 32.2. The van der Waals surface area contributed by atoms with Crippen LogP contribution in [0.1, 0.15) is 23.9 Å². The minimum atomic E-state index is 0.0165. The third kappa shape index (κ3) is 2.57. The van der Waals surface area contributed by atoms with Crippen LogP contribution >= 0.6 is 11.8 Å². The van der Waals surface area contributed by atoms with Crippen LogP contribution in [-0.4, -0.2) is 24.9 Å². The maximum Gasteiger partial charge on any atom is 0.239 e. The topological polar surface area (TPSA) is 69.6 Å². The largest absolute Gasteiger partial charge is 0.338 e. The van der Waals surface area contributed by atoms with Crippen molar-refractivity contribution in [1.29, 1.82) is 0 Å². The molecule has 6 nitrogen and oxygen atoms in total. The standard InChI is InChI=1S/C13H13N5OS/c1-9(12-15-10(2)17-19-12)20-13-16-14-8-18(13)11-6-4-3-5-7-11/h3-9H,1-2H3/t9-/m1/s1. The zero-order chi connectivity index (χ0) is 13.9. The molecule has 0 spiro atoms. The predicted molar refractivity (Wildman–Crippen MR) is 74.7 cm³/mol. The number of para-hydroxylation sites is 1. The summed E-state index contributed by atoms with van der Waals surface area (Å²) in [4.78, 5) is 4.24. The molecule has 1 atom stereocenters. The van der Waals surface area contributed by atoms with Crippen LogP contribution < -0.4 is 0 Å². The molecule has 7 heteroatoms. The number of aryl methyl sites for hydroxylation is 1. The maximum atomic E-state index is 5.18. The van der Waals surface area contributed by atoms with Crippen molar-refractivity contribution in [2.24, 2.45) is 0 Å². The van der Waals surface area contributed by atoms with E-state index >= 15 is 0 Å². The van der Waals surface area contributed by atoms with Gasteiger partial charge in [-0.25, -0.2) is 0 Å². The molecule has 0 N–H and O–H groups in total. The summed E-state index contributed by atoms with van der Waals surface area (Å²) in [5.41, 5.74) is 1.02. The van der Waals surface area contributed by atoms with Crippen molar-refractivity contribution in [1.82, 2.24) is 24.9 Å². The van der Waals surface area contributed by atoms with E-state index in [2.05, 4.69) is 20.3 Å². The molecule has 102 valence electrons. The molecule has 0 fully saturated rings. The number of hydrogen-bond acceptors (Lipinski definition) is 6. The van der Waals surface area contributed by atoms with Gasteiger partial charge < -0.3 is 4.52 Å². The van der Waals surface area contributed by atoms with E-state index in [1.54, 1.807) is 13.3 Å². The van der Waals surface area contributed by atoms with Crippen molar-refractivity contribution in [3.05, 3.63) is 48.4 Å². The fourth-order valence-corrected chi connectivity index (χ4v) is 2.63. The van der Waals surface area contributed by atoms with E-state index in [1.165, 1.54) is 11.8 Å². The lowest BCUT2D eigenvalue weighted by molar-refractivity contribution is 0.376. The van der Waals surface area contributed by atoms with Gasteiger partial charge in [-0.2, -0.15) is 4.98 Å². The lowest BCUT2D eigenvalue weighted by atomic mass is 10.3. The zero-order valence-electron chi connectivity index (χ0n) is 11.1. The molecule has 0 saturated carbocycles. The first-order chi connectivity index (χ1) is 9.74. The summed E-state index contributed by atoms with van der Waals surface area (Å²) in [6.07, 6.45) is 1.70. The Morgan fingerprint density at radius 2 is 2.05 bits per heavy atom. The number of nitrogens with zero attached hydrogens (tertiary/aromatic N) is 5. The molecule has 2 aromatic heterocycles. The molecule has 3 rings (SSSR count). The summed E-state index contributed by atoms with van der Waals surface area (Å²) < 4.78 is 7.12. The number of hydrogen-bond donors (Lipinski definition) is 0. The van der Waals surface area contributed by atoms with E-state index < -0.39 is 0 Å². The Hall–Kier alpha value is -2.15. The molecule has 0 aliphatic carbocycles. The maximum absolute atomic E-state index is 5.18. The summed E-state index contributed by atoms with van der Waals surface area (Å²) in [5.74, 6) is 1.23. The van der Waals surface area contributed by atoms with Crippen molar-refractivity contribution in [2.45, 2.75) is 24.3 Å². The molecule has 3 aromatic rings. The van der Waals surface area contributed by atoms with Crippen LogP contribution in [0.15, 0.2) is 46.3 Å². The van der Waals surface area contributed by atoms with Gasteiger partial charge in [0.25, 0.3) is 0 Å². The van der Waals surface area contributed by atoms with Gasteiger partial charge in [0.1, 0.15) is 6.33 Å². The molecule has 1 aromatic carbocycles. The molecule has 0 aliphatic heterocycles. The third-order valence-electron chi connectivity index (χ3n) is 2.72. The first kappa shape index (κ1) is 12.9. The Morgan fingerprint density at radius 1 is 1.25 bits per heavy atom. The number of rotatable bonds is 4. The van der Waals surface area contributed by atoms with Gasteiger partial charge in [0.05, 0.1) is 5.25 Å². The third-order valence-corrected chi connectivity index (χ3v) is 3.77. The van der Waals surface area contributed by atoms with E-state index in [-0.39, 0.29) is 5.25 Å². The average molecular weight is 287 g/mol. The van der Waals surface area contributed by atoms with Gasteiger partial charge in [0.15, 0.2) is 11.0 Å². The van der Waals surface area contributed by atoms with Crippen LogP contribution in [0.3, 0.4) is 0 Å². The molecule has 0 amide bonds. The van der Waals surface area contributed by atoms with Gasteiger partial charge in [-0.15, -0.1) is 10.2 Å². The Labute approximate surface area is 120 Å². The van der Waals surface area contributed by atoms with E-state index in [9.17, 15) is 0 Å². The normalized spacial score (nSPS) is 12.5. The van der Waals surface area contributed by atoms with Crippen molar-refractivity contribution >= 4 is 11.8 Å². The molecular formula is C13H13N5OS. The summed E-state index contributed by atoms with van der Waals surface area (Å²) in [7, 11) is 0. The van der Waals surface area contributed by atoms with Crippen molar-refractivity contribution in [3.63, 3.8) is 0 Å². The Kier molecular flexibility index (Phi) is 3.51. The Morgan fingerprint density at radius 3 is 2.75 bits per heavy atom. The molecule has 0 unspecified atom stereocenters. The monoisotopic (exact) mass is 287 g/mol. The van der Waals surface area contributed by atoms with Crippen LogP contribution in [0, 0.1) is 6.92 Å². The number of benzene rings is 1. The van der Waals surface area contributed by atoms with Gasteiger partial charge in [0.2, 0.25) is 5.89 Å². The molecule has 0 saturated heterocycles. The summed E-state index contributed by atoms with van der Waals surface area (Å²) in [6.45, 7) is 3.80. The fourth-order valence-electron chi connectivity index (χ4n) is 1.76. The van der Waals surface area contributed by atoms with Crippen LogP contribution in [0.2, 0.25) is 0 Å². The highest BCUT2D eigenvalue weighted by molar-refractivity contribution is 7.99. The quantitative estimate of drug-likeness (QED) is 0.687.